The molecule has 94 valence electrons. The van der Waals surface area contributed by atoms with Gasteiger partial charge in [-0.1, -0.05) is 28.1 Å². The fraction of sp³-hybridized carbons (Fsp3) is 0.286. The zero-order valence-electron chi connectivity index (χ0n) is 10.2. The van der Waals surface area contributed by atoms with Gasteiger partial charge in [0.15, 0.2) is 0 Å². The molecule has 2 aromatic rings. The highest BCUT2D eigenvalue weighted by molar-refractivity contribution is 9.09. The fourth-order valence-corrected chi connectivity index (χ4v) is 2.53. The van der Waals surface area contributed by atoms with Gasteiger partial charge in [0.1, 0.15) is 0 Å². The number of carbonyl (C=O) groups excluding carboxylic acids is 1. The minimum absolute atomic E-state index is 0.0398. The summed E-state index contributed by atoms with van der Waals surface area (Å²) in [4.78, 5) is 16.4. The minimum Gasteiger partial charge on any atom is -0.350 e. The van der Waals surface area contributed by atoms with Gasteiger partial charge in [-0.25, -0.2) is 0 Å². The monoisotopic (exact) mass is 306 g/mol. The summed E-state index contributed by atoms with van der Waals surface area (Å²) in [6.07, 6.45) is 2.65. The van der Waals surface area contributed by atoms with Crippen LogP contribution in [0.4, 0.5) is 0 Å². The molecular formula is C14H15BrN2O. The van der Waals surface area contributed by atoms with Crippen molar-refractivity contribution < 1.29 is 4.79 Å². The van der Waals surface area contributed by atoms with E-state index in [0.29, 0.717) is 5.56 Å². The zero-order chi connectivity index (χ0) is 13.0. The van der Waals surface area contributed by atoms with Gasteiger partial charge in [0.05, 0.1) is 5.52 Å². The molecule has 0 spiro atoms. The van der Waals surface area contributed by atoms with Crippen molar-refractivity contribution >= 4 is 32.7 Å². The van der Waals surface area contributed by atoms with Crippen LogP contribution < -0.4 is 5.32 Å². The van der Waals surface area contributed by atoms with E-state index in [1.807, 2.05) is 37.3 Å². The Kier molecular flexibility index (Phi) is 4.31. The Labute approximate surface area is 115 Å². The summed E-state index contributed by atoms with van der Waals surface area (Å²) in [6.45, 7) is 2.00. The molecule has 0 aliphatic carbocycles. The summed E-state index contributed by atoms with van der Waals surface area (Å²) in [6, 6.07) is 9.53. The molecule has 1 heterocycles. The molecule has 1 amide bonds. The number of carbonyl (C=O) groups is 1. The Morgan fingerprint density at radius 3 is 3.00 bits per heavy atom. The Bertz CT molecular complexity index is 551. The maximum Gasteiger partial charge on any atom is 0.252 e. The molecule has 0 radical (unpaired) electrons. The molecule has 1 aromatic carbocycles. The quantitative estimate of drug-likeness (QED) is 0.882. The first-order chi connectivity index (χ1) is 8.72. The smallest absolute Gasteiger partial charge is 0.252 e. The molecular weight excluding hydrogens is 292 g/mol. The van der Waals surface area contributed by atoms with Gasteiger partial charge in [-0.3, -0.25) is 9.78 Å². The van der Waals surface area contributed by atoms with E-state index in [9.17, 15) is 4.79 Å². The first-order valence-electron chi connectivity index (χ1n) is 5.93. The third-order valence-electron chi connectivity index (χ3n) is 2.81. The number of aromatic nitrogens is 1. The molecule has 3 nitrogen and oxygen atoms in total. The zero-order valence-corrected chi connectivity index (χ0v) is 11.8. The number of halogens is 1. The number of fused-ring (bicyclic) bond motifs is 1. The SMILES string of the molecule is CC(CCBr)NC(=O)c1cccc2ncccc12. The second-order valence-corrected chi connectivity index (χ2v) is 5.02. The van der Waals surface area contributed by atoms with Crippen LogP contribution in [0.25, 0.3) is 10.9 Å². The summed E-state index contributed by atoms with van der Waals surface area (Å²) in [7, 11) is 0. The molecule has 4 heteroatoms. The molecule has 0 saturated carbocycles. The van der Waals surface area contributed by atoms with E-state index in [-0.39, 0.29) is 11.9 Å². The van der Waals surface area contributed by atoms with Crippen molar-refractivity contribution in [3.05, 3.63) is 42.1 Å². The number of hydrogen-bond donors (Lipinski definition) is 1. The number of rotatable bonds is 4. The van der Waals surface area contributed by atoms with E-state index in [1.54, 1.807) is 6.20 Å². The van der Waals surface area contributed by atoms with Crippen LogP contribution in [-0.4, -0.2) is 22.3 Å². The van der Waals surface area contributed by atoms with Crippen LogP contribution in [0.5, 0.6) is 0 Å². The summed E-state index contributed by atoms with van der Waals surface area (Å²) in [5.74, 6) is -0.0398. The van der Waals surface area contributed by atoms with Crippen LogP contribution in [-0.2, 0) is 0 Å². The predicted molar refractivity (Wildman–Crippen MR) is 77.1 cm³/mol. The van der Waals surface area contributed by atoms with E-state index in [0.717, 1.165) is 22.7 Å². The highest BCUT2D eigenvalue weighted by Crippen LogP contribution is 2.16. The molecule has 0 bridgehead atoms. The summed E-state index contributed by atoms with van der Waals surface area (Å²) < 4.78 is 0. The van der Waals surface area contributed by atoms with Gasteiger partial charge in [0.2, 0.25) is 0 Å². The van der Waals surface area contributed by atoms with Crippen LogP contribution in [0.2, 0.25) is 0 Å². The predicted octanol–water partition coefficient (Wildman–Crippen LogP) is 3.14. The molecule has 0 aliphatic rings. The van der Waals surface area contributed by atoms with Gasteiger partial charge in [0.25, 0.3) is 5.91 Å². The molecule has 1 atom stereocenters. The number of pyridine rings is 1. The average Bonchev–Trinajstić information content (AvgIpc) is 2.38. The third-order valence-corrected chi connectivity index (χ3v) is 3.27. The van der Waals surface area contributed by atoms with Crippen molar-refractivity contribution in [3.8, 4) is 0 Å². The van der Waals surface area contributed by atoms with Gasteiger partial charge in [-0.15, -0.1) is 0 Å². The summed E-state index contributed by atoms with van der Waals surface area (Å²) in [5, 5.41) is 4.77. The van der Waals surface area contributed by atoms with Crippen molar-refractivity contribution in [2.24, 2.45) is 0 Å². The van der Waals surface area contributed by atoms with Crippen LogP contribution in [0.3, 0.4) is 0 Å². The molecule has 1 unspecified atom stereocenters. The minimum atomic E-state index is -0.0398. The van der Waals surface area contributed by atoms with Gasteiger partial charge in [-0.05, 0) is 31.5 Å². The van der Waals surface area contributed by atoms with Crippen molar-refractivity contribution in [1.82, 2.24) is 10.3 Å². The number of benzene rings is 1. The van der Waals surface area contributed by atoms with Crippen molar-refractivity contribution in [1.29, 1.82) is 0 Å². The molecule has 1 aromatic heterocycles. The highest BCUT2D eigenvalue weighted by atomic mass is 79.9. The van der Waals surface area contributed by atoms with Crippen molar-refractivity contribution in [2.75, 3.05) is 5.33 Å². The van der Waals surface area contributed by atoms with Crippen molar-refractivity contribution in [3.63, 3.8) is 0 Å². The first kappa shape index (κ1) is 13.0. The van der Waals surface area contributed by atoms with Crippen LogP contribution in [0.15, 0.2) is 36.5 Å². The lowest BCUT2D eigenvalue weighted by Gasteiger charge is -2.13. The molecule has 2 rings (SSSR count). The summed E-state index contributed by atoms with van der Waals surface area (Å²) in [5.41, 5.74) is 1.53. The maximum atomic E-state index is 12.2. The molecule has 0 saturated heterocycles. The lowest BCUT2D eigenvalue weighted by atomic mass is 10.1. The van der Waals surface area contributed by atoms with Crippen LogP contribution >= 0.6 is 15.9 Å². The topological polar surface area (TPSA) is 42.0 Å². The second kappa shape index (κ2) is 5.96. The van der Waals surface area contributed by atoms with Gasteiger partial charge >= 0.3 is 0 Å². The summed E-state index contributed by atoms with van der Waals surface area (Å²) >= 11 is 3.37. The van der Waals surface area contributed by atoms with Crippen molar-refractivity contribution in [2.45, 2.75) is 19.4 Å². The maximum absolute atomic E-state index is 12.2. The average molecular weight is 307 g/mol. The molecule has 0 aliphatic heterocycles. The number of amides is 1. The first-order valence-corrected chi connectivity index (χ1v) is 7.05. The highest BCUT2D eigenvalue weighted by Gasteiger charge is 2.12. The van der Waals surface area contributed by atoms with Crippen LogP contribution in [0, 0.1) is 0 Å². The van der Waals surface area contributed by atoms with Gasteiger partial charge in [0, 0.05) is 28.5 Å². The number of hydrogen-bond acceptors (Lipinski definition) is 2. The van der Waals surface area contributed by atoms with Gasteiger partial charge < -0.3 is 5.32 Å². The van der Waals surface area contributed by atoms with E-state index in [2.05, 4.69) is 26.2 Å². The van der Waals surface area contributed by atoms with Crippen LogP contribution in [0.1, 0.15) is 23.7 Å². The normalized spacial score (nSPS) is 12.3. The largest absolute Gasteiger partial charge is 0.350 e. The number of nitrogens with zero attached hydrogens (tertiary/aromatic N) is 1. The number of alkyl halides is 1. The van der Waals surface area contributed by atoms with E-state index >= 15 is 0 Å². The molecule has 1 N–H and O–H groups in total. The molecule has 0 fully saturated rings. The third kappa shape index (κ3) is 2.88. The van der Waals surface area contributed by atoms with Gasteiger partial charge in [-0.2, -0.15) is 0 Å². The fourth-order valence-electron chi connectivity index (χ4n) is 1.84. The Hall–Kier alpha value is -1.42. The Balaban J connectivity index is 2.28. The lowest BCUT2D eigenvalue weighted by Crippen LogP contribution is -2.32. The van der Waals surface area contributed by atoms with E-state index < -0.39 is 0 Å². The Morgan fingerprint density at radius 2 is 2.22 bits per heavy atom. The number of nitrogens with one attached hydrogen (secondary N) is 1. The second-order valence-electron chi connectivity index (χ2n) is 4.23. The standard InChI is InChI=1S/C14H15BrN2O/c1-10(7-8-15)17-14(18)12-4-2-6-13-11(12)5-3-9-16-13/h2-6,9-10H,7-8H2,1H3,(H,17,18). The Morgan fingerprint density at radius 1 is 1.39 bits per heavy atom. The lowest BCUT2D eigenvalue weighted by molar-refractivity contribution is 0.0941. The van der Waals surface area contributed by atoms with E-state index in [1.165, 1.54) is 0 Å². The molecule has 18 heavy (non-hydrogen) atoms. The van der Waals surface area contributed by atoms with E-state index in [4.69, 9.17) is 0 Å².